The van der Waals surface area contributed by atoms with Crippen molar-refractivity contribution in [3.05, 3.63) is 65.4 Å². The van der Waals surface area contributed by atoms with Crippen LogP contribution in [0.2, 0.25) is 0 Å². The lowest BCUT2D eigenvalue weighted by molar-refractivity contribution is -0.141. The number of fused-ring (bicyclic) bond motifs is 1. The van der Waals surface area contributed by atoms with Crippen molar-refractivity contribution >= 4 is 16.9 Å². The maximum Gasteiger partial charge on any atom is 0.303 e. The zero-order chi connectivity index (χ0) is 27.3. The van der Waals surface area contributed by atoms with Crippen LogP contribution in [0.5, 0.6) is 11.5 Å². The Morgan fingerprint density at radius 3 is 2.50 bits per heavy atom. The minimum Gasteiger partial charge on any atom is -0.497 e. The summed E-state index contributed by atoms with van der Waals surface area (Å²) in [6, 6.07) is 8.65. The Morgan fingerprint density at radius 2 is 1.84 bits per heavy atom. The van der Waals surface area contributed by atoms with Gasteiger partial charge in [0.15, 0.2) is 0 Å². The monoisotopic (exact) mass is 528 g/mol. The van der Waals surface area contributed by atoms with Crippen LogP contribution in [0.1, 0.15) is 49.3 Å². The number of piperidine rings is 1. The molecule has 2 heterocycles. The molecule has 0 radical (unpaired) electrons. The average Bonchev–Trinajstić information content (AvgIpc) is 2.87. The highest BCUT2D eigenvalue weighted by Gasteiger charge is 2.37. The minimum atomic E-state index is -0.848. The van der Waals surface area contributed by atoms with Crippen molar-refractivity contribution in [2.45, 2.75) is 45.1 Å². The summed E-state index contributed by atoms with van der Waals surface area (Å²) in [4.78, 5) is 18.4. The Hall–Kier alpha value is -3.30. The van der Waals surface area contributed by atoms with Crippen LogP contribution >= 0.6 is 0 Å². The second kappa shape index (κ2) is 12.0. The molecule has 2 aromatic carbocycles. The number of carbonyl (C=O) groups is 1. The van der Waals surface area contributed by atoms with Gasteiger partial charge in [-0.3, -0.25) is 14.7 Å². The number of carboxylic acid groups (broad SMARTS) is 1. The number of pyridine rings is 1. The van der Waals surface area contributed by atoms with Crippen LogP contribution in [0.15, 0.2) is 42.6 Å². The molecule has 204 valence electrons. The van der Waals surface area contributed by atoms with E-state index in [2.05, 4.69) is 9.88 Å². The fourth-order valence-electron chi connectivity index (χ4n) is 5.44. The van der Waals surface area contributed by atoms with Crippen LogP contribution < -0.4 is 9.47 Å². The number of aliphatic carboxylic acids is 1. The number of halogens is 2. The summed E-state index contributed by atoms with van der Waals surface area (Å²) < 4.78 is 37.6. The van der Waals surface area contributed by atoms with Gasteiger partial charge >= 0.3 is 5.97 Å². The number of rotatable bonds is 11. The number of methoxy groups -OCH3 is 1. The van der Waals surface area contributed by atoms with Crippen molar-refractivity contribution in [2.75, 3.05) is 33.4 Å². The van der Waals surface area contributed by atoms with E-state index in [-0.39, 0.29) is 18.8 Å². The molecule has 7 nitrogen and oxygen atoms in total. The second-order valence-electron chi connectivity index (χ2n) is 10.2. The van der Waals surface area contributed by atoms with E-state index in [0.29, 0.717) is 51.1 Å². The standard InChI is InChI=1S/C29H34F2N2O5/c1-19-18-32-25-4-3-22(37-2)16-24(25)28(19)26(34)5-6-29(17-27(35)36)7-9-33(10-8-29)11-12-38-23-14-20(30)13-21(31)15-23/h3-4,13-16,18,26,34H,5-12,17H2,1-2H3,(H,35,36)/t26-/m0/s1. The molecule has 38 heavy (non-hydrogen) atoms. The van der Waals surface area contributed by atoms with Crippen LogP contribution in [-0.2, 0) is 4.79 Å². The van der Waals surface area contributed by atoms with E-state index in [1.165, 1.54) is 0 Å². The fraction of sp³-hybridized carbons (Fsp3) is 0.448. The summed E-state index contributed by atoms with van der Waals surface area (Å²) in [5.74, 6) is -1.40. The fourth-order valence-corrected chi connectivity index (χ4v) is 5.44. The summed E-state index contributed by atoms with van der Waals surface area (Å²) in [5.41, 5.74) is 2.01. The quantitative estimate of drug-likeness (QED) is 0.350. The molecular weight excluding hydrogens is 494 g/mol. The van der Waals surface area contributed by atoms with E-state index in [9.17, 15) is 23.8 Å². The van der Waals surface area contributed by atoms with Gasteiger partial charge < -0.3 is 19.7 Å². The van der Waals surface area contributed by atoms with E-state index in [1.54, 1.807) is 13.3 Å². The van der Waals surface area contributed by atoms with Crippen LogP contribution in [0.25, 0.3) is 10.9 Å². The number of aryl methyl sites for hydroxylation is 1. The molecule has 1 atom stereocenters. The predicted molar refractivity (Wildman–Crippen MR) is 139 cm³/mol. The van der Waals surface area contributed by atoms with E-state index < -0.39 is 29.1 Å². The van der Waals surface area contributed by atoms with Gasteiger partial charge in [-0.2, -0.15) is 0 Å². The largest absolute Gasteiger partial charge is 0.497 e. The van der Waals surface area contributed by atoms with E-state index in [1.807, 2.05) is 25.1 Å². The maximum absolute atomic E-state index is 13.4. The van der Waals surface area contributed by atoms with Crippen LogP contribution in [0.4, 0.5) is 8.78 Å². The van der Waals surface area contributed by atoms with Crippen molar-refractivity contribution < 1.29 is 33.3 Å². The van der Waals surface area contributed by atoms with Gasteiger partial charge in [0, 0.05) is 36.3 Å². The number of aliphatic hydroxyl groups excluding tert-OH is 1. The Morgan fingerprint density at radius 1 is 1.13 bits per heavy atom. The maximum atomic E-state index is 13.4. The first-order chi connectivity index (χ1) is 18.2. The van der Waals surface area contributed by atoms with Gasteiger partial charge in [0.05, 0.1) is 25.2 Å². The first-order valence-corrected chi connectivity index (χ1v) is 12.8. The molecular formula is C29H34F2N2O5. The topological polar surface area (TPSA) is 92.1 Å². The number of benzene rings is 2. The van der Waals surface area contributed by atoms with E-state index in [0.717, 1.165) is 40.2 Å². The van der Waals surface area contributed by atoms with Crippen molar-refractivity contribution in [1.82, 2.24) is 9.88 Å². The molecule has 1 aromatic heterocycles. The third-order valence-corrected chi connectivity index (χ3v) is 7.55. The smallest absolute Gasteiger partial charge is 0.303 e. The van der Waals surface area contributed by atoms with E-state index in [4.69, 9.17) is 9.47 Å². The number of hydrogen-bond acceptors (Lipinski definition) is 6. The highest BCUT2D eigenvalue weighted by Crippen LogP contribution is 2.42. The third kappa shape index (κ3) is 6.76. The molecule has 0 aliphatic carbocycles. The molecule has 4 rings (SSSR count). The number of ether oxygens (including phenoxy) is 2. The van der Waals surface area contributed by atoms with Crippen LogP contribution in [0, 0.1) is 24.0 Å². The van der Waals surface area contributed by atoms with Gasteiger partial charge in [-0.15, -0.1) is 0 Å². The zero-order valence-electron chi connectivity index (χ0n) is 21.8. The third-order valence-electron chi connectivity index (χ3n) is 7.55. The van der Waals surface area contributed by atoms with Gasteiger partial charge in [0.1, 0.15) is 29.7 Å². The van der Waals surface area contributed by atoms with Crippen LogP contribution in [-0.4, -0.2) is 59.4 Å². The number of aliphatic hydroxyl groups is 1. The first-order valence-electron chi connectivity index (χ1n) is 12.8. The van der Waals surface area contributed by atoms with Crippen molar-refractivity contribution in [3.8, 4) is 11.5 Å². The lowest BCUT2D eigenvalue weighted by Gasteiger charge is -2.41. The Kier molecular flexibility index (Phi) is 8.79. The van der Waals surface area contributed by atoms with Gasteiger partial charge in [-0.25, -0.2) is 8.78 Å². The van der Waals surface area contributed by atoms with Crippen molar-refractivity contribution in [1.29, 1.82) is 0 Å². The molecule has 0 amide bonds. The molecule has 1 aliphatic rings. The zero-order valence-corrected chi connectivity index (χ0v) is 21.8. The lowest BCUT2D eigenvalue weighted by Crippen LogP contribution is -2.42. The molecule has 0 spiro atoms. The number of carboxylic acids is 1. The Balaban J connectivity index is 1.38. The van der Waals surface area contributed by atoms with Crippen LogP contribution in [0.3, 0.4) is 0 Å². The molecule has 1 saturated heterocycles. The SMILES string of the molecule is COc1ccc2ncc(C)c([C@@H](O)CCC3(CC(=O)O)CCN(CCOc4cc(F)cc(F)c4)CC3)c2c1. The Labute approximate surface area is 221 Å². The molecule has 2 N–H and O–H groups in total. The minimum absolute atomic E-state index is 0.0382. The predicted octanol–water partition coefficient (Wildman–Crippen LogP) is 5.28. The normalized spacial score (nSPS) is 16.3. The summed E-state index contributed by atoms with van der Waals surface area (Å²) >= 11 is 0. The van der Waals surface area contributed by atoms with Gasteiger partial charge in [0.25, 0.3) is 0 Å². The molecule has 1 aliphatic heterocycles. The molecule has 0 bridgehead atoms. The number of likely N-dealkylation sites (tertiary alicyclic amines) is 1. The molecule has 3 aromatic rings. The summed E-state index contributed by atoms with van der Waals surface area (Å²) in [6.07, 6.45) is 3.36. The Bertz CT molecular complexity index is 1260. The molecule has 0 unspecified atom stereocenters. The average molecular weight is 529 g/mol. The van der Waals surface area contributed by atoms with Gasteiger partial charge in [-0.05, 0) is 80.4 Å². The molecule has 1 fully saturated rings. The summed E-state index contributed by atoms with van der Waals surface area (Å²) in [6.45, 7) is 4.10. The van der Waals surface area contributed by atoms with Crippen molar-refractivity contribution in [3.63, 3.8) is 0 Å². The number of hydrogen-bond donors (Lipinski definition) is 2. The first kappa shape index (κ1) is 27.7. The van der Waals surface area contributed by atoms with Gasteiger partial charge in [-0.1, -0.05) is 0 Å². The van der Waals surface area contributed by atoms with Gasteiger partial charge in [0.2, 0.25) is 0 Å². The second-order valence-corrected chi connectivity index (χ2v) is 10.2. The lowest BCUT2D eigenvalue weighted by atomic mass is 9.71. The number of nitrogens with zero attached hydrogens (tertiary/aromatic N) is 2. The number of aromatic nitrogens is 1. The highest BCUT2D eigenvalue weighted by atomic mass is 19.1. The highest BCUT2D eigenvalue weighted by molar-refractivity contribution is 5.84. The summed E-state index contributed by atoms with van der Waals surface area (Å²) in [5, 5.41) is 21.7. The molecule has 0 saturated carbocycles. The summed E-state index contributed by atoms with van der Waals surface area (Å²) in [7, 11) is 1.59. The van der Waals surface area contributed by atoms with E-state index >= 15 is 0 Å². The molecule has 9 heteroatoms. The van der Waals surface area contributed by atoms with Crippen molar-refractivity contribution in [2.24, 2.45) is 5.41 Å².